The van der Waals surface area contributed by atoms with E-state index >= 15 is 0 Å². The average molecular weight is 518 g/mol. The zero-order chi connectivity index (χ0) is 25.8. The van der Waals surface area contributed by atoms with Crippen LogP contribution in [-0.4, -0.2) is 58.8 Å². The number of aromatic nitrogens is 1. The number of nitrogens with one attached hydrogen (secondary N) is 1. The molecule has 10 heteroatoms. The largest absolute Gasteiger partial charge is 0.497 e. The van der Waals surface area contributed by atoms with Gasteiger partial charge in [0.2, 0.25) is 0 Å². The Morgan fingerprint density at radius 3 is 2.67 bits per heavy atom. The molecule has 1 atom stereocenters. The zero-order valence-electron chi connectivity index (χ0n) is 19.6. The van der Waals surface area contributed by atoms with Gasteiger partial charge < -0.3 is 20.1 Å². The van der Waals surface area contributed by atoms with Crippen LogP contribution in [0.25, 0.3) is 10.9 Å². The van der Waals surface area contributed by atoms with Gasteiger partial charge in [-0.3, -0.25) is 9.78 Å². The number of rotatable bonds is 10. The molecule has 36 heavy (non-hydrogen) atoms. The zero-order valence-corrected chi connectivity index (χ0v) is 20.4. The molecule has 0 spiro atoms. The highest BCUT2D eigenvalue weighted by atomic mass is 32.2. The van der Waals surface area contributed by atoms with Gasteiger partial charge in [-0.2, -0.15) is 13.2 Å². The van der Waals surface area contributed by atoms with Crippen molar-refractivity contribution in [3.05, 3.63) is 72.4 Å². The van der Waals surface area contributed by atoms with E-state index in [0.29, 0.717) is 18.7 Å². The SMILES string of the molecule is COc1ccc2c(NCCCN3C(=O)C(CC(F)(F)F)=CC3(O)CSc3ccccc3)ccnc2c1. The maximum absolute atomic E-state index is 13.1. The van der Waals surface area contributed by atoms with Crippen molar-refractivity contribution in [1.82, 2.24) is 9.88 Å². The van der Waals surface area contributed by atoms with Gasteiger partial charge in [-0.15, -0.1) is 11.8 Å². The Kier molecular flexibility index (Phi) is 7.75. The monoisotopic (exact) mass is 517 g/mol. The number of carbonyl (C=O) groups excluding carboxylic acids is 1. The van der Waals surface area contributed by atoms with Crippen molar-refractivity contribution in [2.24, 2.45) is 0 Å². The van der Waals surface area contributed by atoms with E-state index < -0.39 is 29.8 Å². The first-order valence-corrected chi connectivity index (χ1v) is 12.3. The number of aliphatic hydroxyl groups is 1. The molecule has 0 radical (unpaired) electrons. The van der Waals surface area contributed by atoms with E-state index in [-0.39, 0.29) is 12.3 Å². The summed E-state index contributed by atoms with van der Waals surface area (Å²) in [4.78, 5) is 19.2. The van der Waals surface area contributed by atoms with E-state index in [1.54, 1.807) is 13.3 Å². The molecular weight excluding hydrogens is 491 g/mol. The van der Waals surface area contributed by atoms with Gasteiger partial charge in [0.25, 0.3) is 5.91 Å². The molecule has 2 heterocycles. The molecule has 4 rings (SSSR count). The van der Waals surface area contributed by atoms with Crippen molar-refractivity contribution in [2.75, 3.05) is 31.3 Å². The Labute approximate surface area is 211 Å². The lowest BCUT2D eigenvalue weighted by Gasteiger charge is -2.33. The third kappa shape index (κ3) is 6.11. The highest BCUT2D eigenvalue weighted by Gasteiger charge is 2.46. The minimum Gasteiger partial charge on any atom is -0.497 e. The number of ether oxygens (including phenoxy) is 1. The Hall–Kier alpha value is -3.24. The molecule has 0 fully saturated rings. The van der Waals surface area contributed by atoms with Crippen molar-refractivity contribution < 1.29 is 27.8 Å². The average Bonchev–Trinajstić information content (AvgIpc) is 3.08. The van der Waals surface area contributed by atoms with Crippen LogP contribution in [0.1, 0.15) is 12.8 Å². The minimum atomic E-state index is -4.54. The Morgan fingerprint density at radius 1 is 1.17 bits per heavy atom. The summed E-state index contributed by atoms with van der Waals surface area (Å²) in [5.41, 5.74) is -0.651. The van der Waals surface area contributed by atoms with Gasteiger partial charge >= 0.3 is 6.18 Å². The van der Waals surface area contributed by atoms with Gasteiger partial charge in [0.05, 0.1) is 24.8 Å². The second kappa shape index (κ2) is 10.8. The first-order chi connectivity index (χ1) is 17.2. The van der Waals surface area contributed by atoms with Crippen LogP contribution in [0.5, 0.6) is 5.75 Å². The number of fused-ring (bicyclic) bond motifs is 1. The summed E-state index contributed by atoms with van der Waals surface area (Å²) in [6, 6.07) is 16.6. The van der Waals surface area contributed by atoms with E-state index in [0.717, 1.165) is 32.5 Å². The summed E-state index contributed by atoms with van der Waals surface area (Å²) in [7, 11) is 1.58. The van der Waals surface area contributed by atoms with Crippen LogP contribution in [0.3, 0.4) is 0 Å². The maximum Gasteiger partial charge on any atom is 0.393 e. The molecule has 0 saturated heterocycles. The van der Waals surface area contributed by atoms with Crippen LogP contribution in [0.4, 0.5) is 18.9 Å². The smallest absolute Gasteiger partial charge is 0.393 e. The van der Waals surface area contributed by atoms with E-state index in [1.807, 2.05) is 54.6 Å². The lowest BCUT2D eigenvalue weighted by molar-refractivity contribution is -0.145. The Balaban J connectivity index is 1.43. The Morgan fingerprint density at radius 2 is 1.94 bits per heavy atom. The van der Waals surface area contributed by atoms with Crippen molar-refractivity contribution >= 4 is 34.3 Å². The molecule has 0 aliphatic carbocycles. The normalized spacial score (nSPS) is 18.0. The van der Waals surface area contributed by atoms with E-state index in [4.69, 9.17) is 4.74 Å². The van der Waals surface area contributed by atoms with Crippen LogP contribution < -0.4 is 10.1 Å². The molecular formula is C26H26F3N3O3S. The van der Waals surface area contributed by atoms with Crippen molar-refractivity contribution in [3.63, 3.8) is 0 Å². The van der Waals surface area contributed by atoms with Crippen molar-refractivity contribution in [2.45, 2.75) is 29.6 Å². The van der Waals surface area contributed by atoms with Crippen LogP contribution in [0, 0.1) is 0 Å². The highest BCUT2D eigenvalue weighted by molar-refractivity contribution is 7.99. The number of halogens is 3. The van der Waals surface area contributed by atoms with Crippen LogP contribution >= 0.6 is 11.8 Å². The number of pyridine rings is 1. The van der Waals surface area contributed by atoms with E-state index in [2.05, 4.69) is 10.3 Å². The molecule has 6 nitrogen and oxygen atoms in total. The van der Waals surface area contributed by atoms with Gasteiger partial charge in [0.15, 0.2) is 5.72 Å². The number of anilines is 1. The summed E-state index contributed by atoms with van der Waals surface area (Å²) in [5, 5.41) is 15.4. The highest BCUT2D eigenvalue weighted by Crippen LogP contribution is 2.37. The van der Waals surface area contributed by atoms with E-state index in [9.17, 15) is 23.1 Å². The van der Waals surface area contributed by atoms with Gasteiger partial charge in [0, 0.05) is 46.9 Å². The lowest BCUT2D eigenvalue weighted by atomic mass is 10.1. The lowest BCUT2D eigenvalue weighted by Crippen LogP contribution is -2.49. The predicted molar refractivity (Wildman–Crippen MR) is 134 cm³/mol. The van der Waals surface area contributed by atoms with Crippen LogP contribution in [0.15, 0.2) is 77.3 Å². The molecule has 1 aliphatic rings. The van der Waals surface area contributed by atoms with Crippen LogP contribution in [0.2, 0.25) is 0 Å². The second-order valence-electron chi connectivity index (χ2n) is 8.42. The van der Waals surface area contributed by atoms with Gasteiger partial charge in [0.1, 0.15) is 5.75 Å². The molecule has 0 bridgehead atoms. The molecule has 0 saturated carbocycles. The summed E-state index contributed by atoms with van der Waals surface area (Å²) < 4.78 is 44.4. The van der Waals surface area contributed by atoms with Gasteiger partial charge in [-0.25, -0.2) is 0 Å². The number of alkyl halides is 3. The third-order valence-electron chi connectivity index (χ3n) is 5.80. The topological polar surface area (TPSA) is 74.7 Å². The predicted octanol–water partition coefficient (Wildman–Crippen LogP) is 5.25. The fourth-order valence-corrected chi connectivity index (χ4v) is 5.07. The molecule has 3 aromatic rings. The molecule has 1 aliphatic heterocycles. The summed E-state index contributed by atoms with van der Waals surface area (Å²) in [6.07, 6.45) is -2.77. The number of hydrogen-bond donors (Lipinski definition) is 2. The molecule has 1 unspecified atom stereocenters. The quantitative estimate of drug-likeness (QED) is 0.283. The number of amides is 1. The van der Waals surface area contributed by atoms with E-state index in [1.165, 1.54) is 11.8 Å². The minimum absolute atomic E-state index is 0.0222. The standard InChI is InChI=1S/C26H26F3N3O3S/c1-35-19-8-9-21-22(10-12-31-23(21)14-19)30-11-5-13-32-24(33)18(16-26(27,28)29)15-25(32,34)17-36-20-6-3-2-4-7-20/h2-4,6-10,12,14-15,34H,5,11,13,16-17H2,1H3,(H,30,31). The van der Waals surface area contributed by atoms with Gasteiger partial charge in [-0.1, -0.05) is 18.2 Å². The number of hydrogen-bond acceptors (Lipinski definition) is 6. The molecule has 1 amide bonds. The molecule has 2 N–H and O–H groups in total. The summed E-state index contributed by atoms with van der Waals surface area (Å²) >= 11 is 1.28. The third-order valence-corrected chi connectivity index (χ3v) is 6.98. The summed E-state index contributed by atoms with van der Waals surface area (Å²) in [5.74, 6) is -0.0755. The first-order valence-electron chi connectivity index (χ1n) is 11.4. The summed E-state index contributed by atoms with van der Waals surface area (Å²) in [6.45, 7) is 0.526. The number of thioether (sulfide) groups is 1. The number of carbonyl (C=O) groups is 1. The number of methoxy groups -OCH3 is 1. The van der Waals surface area contributed by atoms with Crippen molar-refractivity contribution in [3.8, 4) is 5.75 Å². The molecule has 190 valence electrons. The maximum atomic E-state index is 13.1. The fraction of sp³-hybridized carbons (Fsp3) is 0.308. The Bertz CT molecular complexity index is 1250. The number of benzene rings is 2. The second-order valence-corrected chi connectivity index (χ2v) is 9.47. The fourth-order valence-electron chi connectivity index (χ4n) is 4.10. The van der Waals surface area contributed by atoms with Gasteiger partial charge in [-0.05, 0) is 42.8 Å². The number of nitrogens with zero attached hydrogens (tertiary/aromatic N) is 2. The van der Waals surface area contributed by atoms with Crippen LogP contribution in [-0.2, 0) is 4.79 Å². The first kappa shape index (κ1) is 25.8. The molecule has 2 aromatic carbocycles. The van der Waals surface area contributed by atoms with Crippen molar-refractivity contribution in [1.29, 1.82) is 0 Å². The molecule has 1 aromatic heterocycles.